The summed E-state index contributed by atoms with van der Waals surface area (Å²) in [6, 6.07) is 27.4. The van der Waals surface area contributed by atoms with Crippen molar-refractivity contribution in [3.63, 3.8) is 0 Å². The Morgan fingerprint density at radius 2 is 1.44 bits per heavy atom. The molecule has 4 aromatic carbocycles. The molecule has 9 heteroatoms. The predicted octanol–water partition coefficient (Wildman–Crippen LogP) is 6.19. The molecule has 1 N–H and O–H groups in total. The average Bonchev–Trinajstić information content (AvgIpc) is 3.03. The molecule has 0 aliphatic heterocycles. The Labute approximate surface area is 265 Å². The third kappa shape index (κ3) is 8.57. The summed E-state index contributed by atoms with van der Waals surface area (Å²) in [5, 5.41) is 3.01. The molecule has 4 aromatic rings. The van der Waals surface area contributed by atoms with Gasteiger partial charge in [0, 0.05) is 19.0 Å². The number of anilines is 1. The molecule has 0 aliphatic carbocycles. The zero-order valence-corrected chi connectivity index (χ0v) is 26.9. The van der Waals surface area contributed by atoms with Gasteiger partial charge in [0.25, 0.3) is 10.0 Å². The second-order valence-corrected chi connectivity index (χ2v) is 13.1. The zero-order valence-electron chi connectivity index (χ0n) is 26.1. The summed E-state index contributed by atoms with van der Waals surface area (Å²) < 4.78 is 43.3. The molecule has 2 unspecified atom stereocenters. The molecule has 0 radical (unpaired) electrons. The van der Waals surface area contributed by atoms with Gasteiger partial charge in [-0.3, -0.25) is 13.9 Å². The van der Waals surface area contributed by atoms with Crippen LogP contribution in [-0.2, 0) is 32.6 Å². The second kappa shape index (κ2) is 15.0. The minimum absolute atomic E-state index is 0.0310. The summed E-state index contributed by atoms with van der Waals surface area (Å²) in [5.41, 5.74) is 3.36. The normalized spacial score (nSPS) is 12.6. The number of carbonyl (C=O) groups excluding carboxylic acids is 2. The lowest BCUT2D eigenvalue weighted by atomic mass is 10.0. The van der Waals surface area contributed by atoms with Crippen LogP contribution in [0.1, 0.15) is 42.5 Å². The molecule has 4 rings (SSSR count). The summed E-state index contributed by atoms with van der Waals surface area (Å²) in [6.45, 7) is 6.91. The fraction of sp³-hybridized carbons (Fsp3) is 0.278. The maximum absolute atomic E-state index is 14.5. The summed E-state index contributed by atoms with van der Waals surface area (Å²) in [7, 11) is -4.19. The van der Waals surface area contributed by atoms with Crippen molar-refractivity contribution in [2.75, 3.05) is 10.8 Å². The van der Waals surface area contributed by atoms with Gasteiger partial charge in [0.15, 0.2) is 0 Å². The van der Waals surface area contributed by atoms with Crippen LogP contribution in [0.25, 0.3) is 0 Å². The Hall–Kier alpha value is -4.50. The number of carbonyl (C=O) groups is 2. The van der Waals surface area contributed by atoms with Crippen LogP contribution in [-0.4, -0.2) is 43.8 Å². The van der Waals surface area contributed by atoms with Gasteiger partial charge in [0.1, 0.15) is 18.4 Å². The Morgan fingerprint density at radius 1 is 0.822 bits per heavy atom. The van der Waals surface area contributed by atoms with Crippen LogP contribution in [0.3, 0.4) is 0 Å². The number of rotatable bonds is 13. The molecule has 2 amide bonds. The number of para-hydroxylation sites is 1. The number of sulfonamides is 1. The summed E-state index contributed by atoms with van der Waals surface area (Å²) in [6.07, 6.45) is 0.886. The van der Waals surface area contributed by atoms with E-state index in [-0.39, 0.29) is 29.8 Å². The van der Waals surface area contributed by atoms with Crippen molar-refractivity contribution in [2.45, 2.75) is 64.1 Å². The van der Waals surface area contributed by atoms with Gasteiger partial charge < -0.3 is 10.2 Å². The number of hydrogen-bond acceptors (Lipinski definition) is 4. The van der Waals surface area contributed by atoms with Gasteiger partial charge in [-0.25, -0.2) is 12.8 Å². The molecule has 0 saturated carbocycles. The number of aryl methyl sites for hydroxylation is 2. The van der Waals surface area contributed by atoms with Crippen LogP contribution in [0.4, 0.5) is 10.1 Å². The predicted molar refractivity (Wildman–Crippen MR) is 176 cm³/mol. The molecule has 7 nitrogen and oxygen atoms in total. The van der Waals surface area contributed by atoms with Crippen molar-refractivity contribution in [3.05, 3.63) is 131 Å². The van der Waals surface area contributed by atoms with E-state index in [2.05, 4.69) is 5.32 Å². The van der Waals surface area contributed by atoms with Crippen molar-refractivity contribution in [3.8, 4) is 0 Å². The first-order valence-electron chi connectivity index (χ1n) is 15.0. The fourth-order valence-corrected chi connectivity index (χ4v) is 6.45. The minimum atomic E-state index is -4.19. The molecule has 2 atom stereocenters. The van der Waals surface area contributed by atoms with Crippen LogP contribution in [0.2, 0.25) is 0 Å². The SMILES string of the molecule is CCC(C)NC(=O)C(Cc1ccccc1)N(Cc1ccc(F)cc1)C(=O)CN(c1ccccc1C)S(=O)(=O)c1ccc(C)cc1. The molecular weight excluding hydrogens is 589 g/mol. The molecule has 0 bridgehead atoms. The molecule has 0 spiro atoms. The van der Waals surface area contributed by atoms with E-state index < -0.39 is 34.3 Å². The Balaban J connectivity index is 1.81. The fourth-order valence-electron chi connectivity index (χ4n) is 4.98. The van der Waals surface area contributed by atoms with Gasteiger partial charge in [-0.2, -0.15) is 0 Å². The van der Waals surface area contributed by atoms with Gasteiger partial charge >= 0.3 is 0 Å². The van der Waals surface area contributed by atoms with E-state index in [4.69, 9.17) is 0 Å². The molecule has 0 aliphatic rings. The highest BCUT2D eigenvalue weighted by molar-refractivity contribution is 7.92. The Kier molecular flexibility index (Phi) is 11.1. The maximum Gasteiger partial charge on any atom is 0.264 e. The van der Waals surface area contributed by atoms with Gasteiger partial charge in [0.2, 0.25) is 11.8 Å². The van der Waals surface area contributed by atoms with Crippen LogP contribution >= 0.6 is 0 Å². The summed E-state index contributed by atoms with van der Waals surface area (Å²) in [4.78, 5) is 29.8. The molecule has 0 aromatic heterocycles. The van der Waals surface area contributed by atoms with Crippen LogP contribution < -0.4 is 9.62 Å². The maximum atomic E-state index is 14.5. The number of nitrogens with one attached hydrogen (secondary N) is 1. The first kappa shape index (κ1) is 33.4. The topological polar surface area (TPSA) is 86.8 Å². The number of amides is 2. The van der Waals surface area contributed by atoms with Crippen molar-refractivity contribution in [2.24, 2.45) is 0 Å². The van der Waals surface area contributed by atoms with E-state index in [1.165, 1.54) is 29.2 Å². The standard InChI is InChI=1S/C36H40FN3O4S/c1-5-28(4)38-36(42)34(23-29-12-7-6-8-13-29)39(24-30-17-19-31(37)20-18-30)35(41)25-40(33-14-10-9-11-27(33)3)45(43,44)32-21-15-26(2)16-22-32/h6-22,28,34H,5,23-25H2,1-4H3,(H,38,42). The van der Waals surface area contributed by atoms with Crippen molar-refractivity contribution in [1.82, 2.24) is 10.2 Å². The molecule has 0 fully saturated rings. The second-order valence-electron chi connectivity index (χ2n) is 11.3. The van der Waals surface area contributed by atoms with Gasteiger partial charge in [-0.05, 0) is 74.2 Å². The smallest absolute Gasteiger partial charge is 0.264 e. The lowest BCUT2D eigenvalue weighted by molar-refractivity contribution is -0.140. The van der Waals surface area contributed by atoms with Gasteiger partial charge in [0.05, 0.1) is 10.6 Å². The van der Waals surface area contributed by atoms with E-state index in [1.54, 1.807) is 55.5 Å². The number of hydrogen-bond donors (Lipinski definition) is 1. The third-order valence-electron chi connectivity index (χ3n) is 7.81. The number of nitrogens with zero attached hydrogens (tertiary/aromatic N) is 2. The van der Waals surface area contributed by atoms with E-state index in [9.17, 15) is 22.4 Å². The van der Waals surface area contributed by atoms with Gasteiger partial charge in [-0.15, -0.1) is 0 Å². The van der Waals surface area contributed by atoms with E-state index in [0.717, 1.165) is 15.4 Å². The number of benzene rings is 4. The first-order chi connectivity index (χ1) is 21.5. The highest BCUT2D eigenvalue weighted by atomic mass is 32.2. The largest absolute Gasteiger partial charge is 0.352 e. The van der Waals surface area contributed by atoms with Crippen LogP contribution in [0.15, 0.2) is 108 Å². The van der Waals surface area contributed by atoms with Crippen LogP contribution in [0.5, 0.6) is 0 Å². The molecule has 236 valence electrons. The monoisotopic (exact) mass is 629 g/mol. The lowest BCUT2D eigenvalue weighted by Crippen LogP contribution is -2.54. The van der Waals surface area contributed by atoms with E-state index in [0.29, 0.717) is 23.2 Å². The van der Waals surface area contributed by atoms with Crippen LogP contribution in [0, 0.1) is 19.7 Å². The minimum Gasteiger partial charge on any atom is -0.352 e. The molecular formula is C36H40FN3O4S. The van der Waals surface area contributed by atoms with Crippen molar-refractivity contribution >= 4 is 27.5 Å². The number of halogens is 1. The van der Waals surface area contributed by atoms with E-state index >= 15 is 0 Å². The Morgan fingerprint density at radius 3 is 2.07 bits per heavy atom. The summed E-state index contributed by atoms with van der Waals surface area (Å²) >= 11 is 0. The van der Waals surface area contributed by atoms with Gasteiger partial charge in [-0.1, -0.05) is 85.3 Å². The van der Waals surface area contributed by atoms with Crippen molar-refractivity contribution in [1.29, 1.82) is 0 Å². The average molecular weight is 630 g/mol. The quantitative estimate of drug-likeness (QED) is 0.191. The molecule has 0 saturated heterocycles. The highest BCUT2D eigenvalue weighted by Gasteiger charge is 2.35. The highest BCUT2D eigenvalue weighted by Crippen LogP contribution is 2.28. The van der Waals surface area contributed by atoms with E-state index in [1.807, 2.05) is 51.1 Å². The zero-order chi connectivity index (χ0) is 32.6. The Bertz CT molecular complexity index is 1690. The lowest BCUT2D eigenvalue weighted by Gasteiger charge is -2.34. The third-order valence-corrected chi connectivity index (χ3v) is 9.58. The summed E-state index contributed by atoms with van der Waals surface area (Å²) in [5.74, 6) is -1.35. The van der Waals surface area contributed by atoms with Crippen molar-refractivity contribution < 1.29 is 22.4 Å². The molecule has 0 heterocycles. The first-order valence-corrected chi connectivity index (χ1v) is 16.5. The molecule has 45 heavy (non-hydrogen) atoms.